The molecule has 1 N–H and O–H groups in total. The summed E-state index contributed by atoms with van der Waals surface area (Å²) < 4.78 is 1.84. The summed E-state index contributed by atoms with van der Waals surface area (Å²) in [5.74, 6) is 0.808. The van der Waals surface area contributed by atoms with Gasteiger partial charge in [-0.15, -0.1) is 10.2 Å². The summed E-state index contributed by atoms with van der Waals surface area (Å²) in [6.07, 6.45) is 3.87. The first-order valence-corrected chi connectivity index (χ1v) is 11.4. The van der Waals surface area contributed by atoms with Crippen LogP contribution in [0.4, 0.5) is 5.69 Å². The van der Waals surface area contributed by atoms with Gasteiger partial charge in [0.05, 0.1) is 23.7 Å². The Bertz CT molecular complexity index is 1270. The van der Waals surface area contributed by atoms with Gasteiger partial charge in [-0.3, -0.25) is 0 Å². The molecule has 1 aliphatic heterocycles. The van der Waals surface area contributed by atoms with Crippen LogP contribution >= 0.6 is 11.6 Å². The first-order valence-electron chi connectivity index (χ1n) is 11.0. The van der Waals surface area contributed by atoms with Gasteiger partial charge >= 0.3 is 0 Å². The fraction of sp³-hybridized carbons (Fsp3) is 0.417. The number of aliphatic hydroxyl groups excluding tert-OH is 1. The van der Waals surface area contributed by atoms with Crippen molar-refractivity contribution in [2.24, 2.45) is 0 Å². The van der Waals surface area contributed by atoms with Crippen LogP contribution in [0.2, 0.25) is 5.02 Å². The number of hydrogen-bond acceptors (Lipinski definition) is 6. The molecule has 0 saturated carbocycles. The lowest BCUT2D eigenvalue weighted by Crippen LogP contribution is -2.35. The molecule has 0 unspecified atom stereocenters. The van der Waals surface area contributed by atoms with Crippen molar-refractivity contribution in [1.82, 2.24) is 24.8 Å². The summed E-state index contributed by atoms with van der Waals surface area (Å²) in [4.78, 5) is 7.10. The maximum absolute atomic E-state index is 9.88. The number of benzene rings is 1. The minimum absolute atomic E-state index is 0.202. The Kier molecular flexibility index (Phi) is 5.26. The summed E-state index contributed by atoms with van der Waals surface area (Å²) in [6.45, 7) is 7.95. The molecule has 0 spiro atoms. The number of aliphatic hydroxyl groups is 1. The second-order valence-electron chi connectivity index (χ2n) is 9.57. The van der Waals surface area contributed by atoms with Gasteiger partial charge in [0.2, 0.25) is 5.65 Å². The Morgan fingerprint density at radius 1 is 1.09 bits per heavy atom. The van der Waals surface area contributed by atoms with Crippen LogP contribution in [0.3, 0.4) is 0 Å². The topological polar surface area (TPSA) is 79.4 Å². The minimum atomic E-state index is -0.215. The van der Waals surface area contributed by atoms with Gasteiger partial charge in [0.1, 0.15) is 5.52 Å². The van der Waals surface area contributed by atoms with Crippen molar-refractivity contribution in [2.45, 2.75) is 51.6 Å². The molecule has 1 saturated heterocycles. The molecule has 3 aromatic heterocycles. The maximum atomic E-state index is 9.88. The highest BCUT2D eigenvalue weighted by Crippen LogP contribution is 2.30. The van der Waals surface area contributed by atoms with E-state index >= 15 is 0 Å². The Morgan fingerprint density at radius 2 is 1.81 bits per heavy atom. The number of pyridine rings is 1. The van der Waals surface area contributed by atoms with Crippen LogP contribution in [0.15, 0.2) is 36.5 Å². The number of rotatable bonds is 3. The van der Waals surface area contributed by atoms with Gasteiger partial charge in [-0.25, -0.2) is 4.98 Å². The molecule has 0 radical (unpaired) electrons. The summed E-state index contributed by atoms with van der Waals surface area (Å²) >= 11 is 6.09. The van der Waals surface area contributed by atoms with E-state index in [9.17, 15) is 5.11 Å². The third kappa shape index (κ3) is 3.91. The second-order valence-corrected chi connectivity index (χ2v) is 10.0. The van der Waals surface area contributed by atoms with Crippen LogP contribution in [-0.2, 0) is 11.8 Å². The highest BCUT2D eigenvalue weighted by Gasteiger charge is 2.25. The van der Waals surface area contributed by atoms with E-state index < -0.39 is 0 Å². The monoisotopic (exact) mass is 450 g/mol. The average molecular weight is 451 g/mol. The zero-order valence-corrected chi connectivity index (χ0v) is 19.3. The molecule has 4 heterocycles. The predicted octanol–water partition coefficient (Wildman–Crippen LogP) is 4.18. The Labute approximate surface area is 192 Å². The fourth-order valence-electron chi connectivity index (χ4n) is 4.24. The number of hydrogen-bond donors (Lipinski definition) is 1. The number of anilines is 1. The van der Waals surface area contributed by atoms with Crippen LogP contribution in [0.1, 0.15) is 50.7 Å². The SMILES string of the molecule is CC(C)(C)c1nnc2c3ncc(N4CCC(O)CC4)cc3c(Cc3ccc(Cl)cc3)nn12. The average Bonchev–Trinajstić information content (AvgIpc) is 3.20. The number of fused-ring (bicyclic) bond motifs is 3. The van der Waals surface area contributed by atoms with E-state index in [1.54, 1.807) is 0 Å². The van der Waals surface area contributed by atoms with Crippen molar-refractivity contribution in [3.8, 4) is 0 Å². The molecule has 7 nitrogen and oxygen atoms in total. The van der Waals surface area contributed by atoms with Crippen molar-refractivity contribution >= 4 is 33.8 Å². The van der Waals surface area contributed by atoms with Crippen LogP contribution < -0.4 is 4.90 Å². The van der Waals surface area contributed by atoms with Gasteiger partial charge < -0.3 is 10.0 Å². The van der Waals surface area contributed by atoms with E-state index in [-0.39, 0.29) is 11.5 Å². The van der Waals surface area contributed by atoms with Crippen molar-refractivity contribution in [2.75, 3.05) is 18.0 Å². The zero-order valence-electron chi connectivity index (χ0n) is 18.6. The number of piperidine rings is 1. The Balaban J connectivity index is 1.67. The van der Waals surface area contributed by atoms with Crippen molar-refractivity contribution in [3.63, 3.8) is 0 Å². The van der Waals surface area contributed by atoms with Gasteiger partial charge in [-0.2, -0.15) is 9.61 Å². The first-order chi connectivity index (χ1) is 15.3. The summed E-state index contributed by atoms with van der Waals surface area (Å²) in [5.41, 5.74) is 4.36. The molecule has 5 rings (SSSR count). The highest BCUT2D eigenvalue weighted by molar-refractivity contribution is 6.30. The lowest BCUT2D eigenvalue weighted by atomic mass is 9.96. The molecule has 32 heavy (non-hydrogen) atoms. The van der Waals surface area contributed by atoms with Crippen LogP contribution in [0.25, 0.3) is 16.6 Å². The van der Waals surface area contributed by atoms with Gasteiger partial charge in [0, 0.05) is 35.3 Å². The lowest BCUT2D eigenvalue weighted by Gasteiger charge is -2.31. The maximum Gasteiger partial charge on any atom is 0.204 e. The van der Waals surface area contributed by atoms with Crippen LogP contribution in [0.5, 0.6) is 0 Å². The van der Waals surface area contributed by atoms with Gasteiger partial charge in [0.25, 0.3) is 0 Å². The summed E-state index contributed by atoms with van der Waals surface area (Å²) in [6, 6.07) is 10.0. The molecule has 1 aromatic carbocycles. The Hall–Kier alpha value is -2.77. The largest absolute Gasteiger partial charge is 0.393 e. The fourth-order valence-corrected chi connectivity index (χ4v) is 4.37. The summed E-state index contributed by atoms with van der Waals surface area (Å²) in [7, 11) is 0. The minimum Gasteiger partial charge on any atom is -0.393 e. The third-order valence-electron chi connectivity index (χ3n) is 6.04. The zero-order chi connectivity index (χ0) is 22.5. The van der Waals surface area contributed by atoms with Gasteiger partial charge in [-0.05, 0) is 36.6 Å². The van der Waals surface area contributed by atoms with E-state index in [0.717, 1.165) is 59.6 Å². The standard InChI is InChI=1S/C24H27ClN6O/c1-24(2,3)23-28-27-22-21-19(13-17(14-26-21)30-10-8-18(32)9-11-30)20(29-31(22)23)12-15-4-6-16(25)7-5-15/h4-7,13-14,18,32H,8-12H2,1-3H3. The molecule has 0 bridgehead atoms. The van der Waals surface area contributed by atoms with Gasteiger partial charge in [-0.1, -0.05) is 44.5 Å². The number of halogens is 1. The normalized spacial score (nSPS) is 15.7. The van der Waals surface area contributed by atoms with E-state index in [0.29, 0.717) is 17.1 Å². The Morgan fingerprint density at radius 3 is 2.50 bits per heavy atom. The molecule has 166 valence electrons. The van der Waals surface area contributed by atoms with E-state index in [1.807, 2.05) is 35.0 Å². The smallest absolute Gasteiger partial charge is 0.204 e. The predicted molar refractivity (Wildman–Crippen MR) is 126 cm³/mol. The number of nitrogens with zero attached hydrogens (tertiary/aromatic N) is 6. The number of aromatic nitrogens is 5. The molecule has 4 aromatic rings. The summed E-state index contributed by atoms with van der Waals surface area (Å²) in [5, 5.41) is 25.5. The van der Waals surface area contributed by atoms with Crippen LogP contribution in [0, 0.1) is 0 Å². The highest BCUT2D eigenvalue weighted by atomic mass is 35.5. The second kappa shape index (κ2) is 7.98. The first kappa shape index (κ1) is 21.1. The molecule has 0 aliphatic carbocycles. The van der Waals surface area contributed by atoms with Gasteiger partial charge in [0.15, 0.2) is 5.82 Å². The molecule has 1 fully saturated rings. The molecular weight excluding hydrogens is 424 g/mol. The van der Waals surface area contributed by atoms with E-state index in [2.05, 4.69) is 41.9 Å². The van der Waals surface area contributed by atoms with Crippen molar-refractivity contribution < 1.29 is 5.11 Å². The third-order valence-corrected chi connectivity index (χ3v) is 6.29. The molecule has 8 heteroatoms. The van der Waals surface area contributed by atoms with E-state index in [4.69, 9.17) is 21.7 Å². The van der Waals surface area contributed by atoms with Crippen molar-refractivity contribution in [3.05, 3.63) is 58.6 Å². The molecule has 0 amide bonds. The lowest BCUT2D eigenvalue weighted by molar-refractivity contribution is 0.145. The quantitative estimate of drug-likeness (QED) is 0.504. The molecule has 1 aliphatic rings. The van der Waals surface area contributed by atoms with Crippen LogP contribution in [-0.4, -0.2) is 49.1 Å². The molecule has 0 atom stereocenters. The van der Waals surface area contributed by atoms with Crippen molar-refractivity contribution in [1.29, 1.82) is 0 Å². The molecular formula is C24H27ClN6O. The van der Waals surface area contributed by atoms with E-state index in [1.165, 1.54) is 0 Å².